The van der Waals surface area contributed by atoms with Gasteiger partial charge in [-0.2, -0.15) is 13.2 Å². The van der Waals surface area contributed by atoms with Gasteiger partial charge in [0.15, 0.2) is 0 Å². The van der Waals surface area contributed by atoms with E-state index in [4.69, 9.17) is 4.42 Å². The summed E-state index contributed by atoms with van der Waals surface area (Å²) in [7, 11) is 0. The lowest BCUT2D eigenvalue weighted by Crippen LogP contribution is -2.39. The first-order valence-corrected chi connectivity index (χ1v) is 5.98. The van der Waals surface area contributed by atoms with Gasteiger partial charge in [-0.25, -0.2) is 0 Å². The Kier molecular flexibility index (Phi) is 5.68. The Morgan fingerprint density at radius 3 is 2.67 bits per heavy atom. The number of rotatable bonds is 7. The number of nitrogens with one attached hydrogen (secondary N) is 1. The van der Waals surface area contributed by atoms with Crippen LogP contribution < -0.4 is 5.32 Å². The molecule has 0 aliphatic carbocycles. The molecule has 1 heterocycles. The standard InChI is InChI=1S/C12H19F3N2O/c1-3-17(9-12(13,14)15)7-6-16-10(2)11-5-4-8-18-11/h4-5,8,10,16H,3,6-7,9H2,1-2H3. The normalized spacial score (nSPS) is 14.1. The molecule has 0 bridgehead atoms. The summed E-state index contributed by atoms with van der Waals surface area (Å²) in [6, 6.07) is 3.63. The second-order valence-electron chi connectivity index (χ2n) is 4.18. The van der Waals surface area contributed by atoms with Gasteiger partial charge in [0.25, 0.3) is 0 Å². The maximum Gasteiger partial charge on any atom is 0.401 e. The van der Waals surface area contributed by atoms with Crippen LogP contribution in [0.2, 0.25) is 0 Å². The van der Waals surface area contributed by atoms with Crippen molar-refractivity contribution in [2.75, 3.05) is 26.2 Å². The highest BCUT2D eigenvalue weighted by Crippen LogP contribution is 2.16. The summed E-state index contributed by atoms with van der Waals surface area (Å²) in [6.45, 7) is 4.02. The smallest absolute Gasteiger partial charge is 0.401 e. The third-order valence-corrected chi connectivity index (χ3v) is 2.70. The van der Waals surface area contributed by atoms with Crippen molar-refractivity contribution >= 4 is 0 Å². The molecule has 0 radical (unpaired) electrons. The number of furan rings is 1. The summed E-state index contributed by atoms with van der Waals surface area (Å²) >= 11 is 0. The van der Waals surface area contributed by atoms with Gasteiger partial charge >= 0.3 is 6.18 Å². The molecule has 0 saturated carbocycles. The number of hydrogen-bond acceptors (Lipinski definition) is 3. The highest BCUT2D eigenvalue weighted by Gasteiger charge is 2.29. The quantitative estimate of drug-likeness (QED) is 0.821. The largest absolute Gasteiger partial charge is 0.468 e. The molecule has 1 rings (SSSR count). The fraction of sp³-hybridized carbons (Fsp3) is 0.667. The van der Waals surface area contributed by atoms with Crippen molar-refractivity contribution in [2.24, 2.45) is 0 Å². The van der Waals surface area contributed by atoms with Crippen molar-refractivity contribution in [3.63, 3.8) is 0 Å². The SMILES string of the molecule is CCN(CCNC(C)c1ccco1)CC(F)(F)F. The number of halogens is 3. The molecule has 0 aromatic carbocycles. The van der Waals surface area contributed by atoms with Crippen molar-refractivity contribution in [3.05, 3.63) is 24.2 Å². The molecule has 0 saturated heterocycles. The molecule has 1 aromatic rings. The summed E-state index contributed by atoms with van der Waals surface area (Å²) in [6.07, 6.45) is -2.56. The first-order valence-electron chi connectivity index (χ1n) is 5.98. The highest BCUT2D eigenvalue weighted by molar-refractivity contribution is 5.02. The minimum atomic E-state index is -4.14. The fourth-order valence-corrected chi connectivity index (χ4v) is 1.68. The van der Waals surface area contributed by atoms with Crippen molar-refractivity contribution < 1.29 is 17.6 Å². The average molecular weight is 264 g/mol. The van der Waals surface area contributed by atoms with Gasteiger partial charge in [-0.05, 0) is 25.6 Å². The van der Waals surface area contributed by atoms with E-state index < -0.39 is 12.7 Å². The van der Waals surface area contributed by atoms with E-state index in [1.54, 1.807) is 19.3 Å². The van der Waals surface area contributed by atoms with Crippen LogP contribution in [0.1, 0.15) is 25.6 Å². The average Bonchev–Trinajstić information content (AvgIpc) is 2.79. The number of nitrogens with zero attached hydrogens (tertiary/aromatic N) is 1. The molecule has 1 N–H and O–H groups in total. The molecule has 0 amide bonds. The summed E-state index contributed by atoms with van der Waals surface area (Å²) in [5.41, 5.74) is 0. The molecule has 0 spiro atoms. The minimum absolute atomic E-state index is 0.00425. The van der Waals surface area contributed by atoms with Crippen molar-refractivity contribution in [1.29, 1.82) is 0 Å². The van der Waals surface area contributed by atoms with E-state index in [1.807, 2.05) is 13.0 Å². The Hall–Kier alpha value is -1.01. The summed E-state index contributed by atoms with van der Waals surface area (Å²) in [4.78, 5) is 1.36. The molecule has 6 heteroatoms. The van der Waals surface area contributed by atoms with Gasteiger partial charge in [0.2, 0.25) is 0 Å². The van der Waals surface area contributed by atoms with Gasteiger partial charge in [-0.1, -0.05) is 6.92 Å². The van der Waals surface area contributed by atoms with E-state index >= 15 is 0 Å². The van der Waals surface area contributed by atoms with Crippen molar-refractivity contribution in [3.8, 4) is 0 Å². The number of alkyl halides is 3. The van der Waals surface area contributed by atoms with E-state index in [2.05, 4.69) is 5.32 Å². The van der Waals surface area contributed by atoms with Crippen LogP contribution in [0.25, 0.3) is 0 Å². The lowest BCUT2D eigenvalue weighted by Gasteiger charge is -2.22. The van der Waals surface area contributed by atoms with Gasteiger partial charge in [0.1, 0.15) is 5.76 Å². The third kappa shape index (κ3) is 5.55. The maximum absolute atomic E-state index is 12.2. The van der Waals surface area contributed by atoms with E-state index in [-0.39, 0.29) is 6.04 Å². The lowest BCUT2D eigenvalue weighted by atomic mass is 10.2. The van der Waals surface area contributed by atoms with Gasteiger partial charge in [0.05, 0.1) is 18.8 Å². The molecule has 1 unspecified atom stereocenters. The summed E-state index contributed by atoms with van der Waals surface area (Å²) < 4.78 is 41.9. The second kappa shape index (κ2) is 6.80. The van der Waals surface area contributed by atoms with Crippen LogP contribution in [-0.2, 0) is 0 Å². The molecule has 0 aliphatic rings. The van der Waals surface area contributed by atoms with E-state index in [0.717, 1.165) is 5.76 Å². The fourth-order valence-electron chi connectivity index (χ4n) is 1.68. The number of likely N-dealkylation sites (N-methyl/N-ethyl adjacent to an activating group) is 1. The molecular formula is C12H19F3N2O. The number of hydrogen-bond donors (Lipinski definition) is 1. The van der Waals surface area contributed by atoms with Crippen LogP contribution in [0.3, 0.4) is 0 Å². The van der Waals surface area contributed by atoms with Gasteiger partial charge in [0, 0.05) is 13.1 Å². The topological polar surface area (TPSA) is 28.4 Å². The lowest BCUT2D eigenvalue weighted by molar-refractivity contribution is -0.145. The van der Waals surface area contributed by atoms with Crippen LogP contribution >= 0.6 is 0 Å². The highest BCUT2D eigenvalue weighted by atomic mass is 19.4. The van der Waals surface area contributed by atoms with Crippen LogP contribution in [0.15, 0.2) is 22.8 Å². The van der Waals surface area contributed by atoms with Crippen LogP contribution in [0.4, 0.5) is 13.2 Å². The van der Waals surface area contributed by atoms with E-state index in [9.17, 15) is 13.2 Å². The monoisotopic (exact) mass is 264 g/mol. The van der Waals surface area contributed by atoms with Crippen LogP contribution in [-0.4, -0.2) is 37.3 Å². The van der Waals surface area contributed by atoms with Crippen molar-refractivity contribution in [2.45, 2.75) is 26.1 Å². The molecular weight excluding hydrogens is 245 g/mol. The zero-order valence-corrected chi connectivity index (χ0v) is 10.6. The Labute approximate surface area is 105 Å². The Morgan fingerprint density at radius 2 is 2.17 bits per heavy atom. The van der Waals surface area contributed by atoms with Crippen LogP contribution in [0.5, 0.6) is 0 Å². The maximum atomic E-state index is 12.2. The van der Waals surface area contributed by atoms with Gasteiger partial charge in [-0.15, -0.1) is 0 Å². The Balaban J connectivity index is 2.27. The molecule has 1 aromatic heterocycles. The van der Waals surface area contributed by atoms with Gasteiger partial charge in [-0.3, -0.25) is 4.90 Å². The molecule has 3 nitrogen and oxygen atoms in total. The molecule has 0 aliphatic heterocycles. The zero-order valence-electron chi connectivity index (χ0n) is 10.6. The minimum Gasteiger partial charge on any atom is -0.468 e. The first-order chi connectivity index (χ1) is 8.42. The predicted molar refractivity (Wildman–Crippen MR) is 63.3 cm³/mol. The first kappa shape index (κ1) is 15.0. The molecule has 104 valence electrons. The van der Waals surface area contributed by atoms with E-state index in [0.29, 0.717) is 19.6 Å². The molecule has 1 atom stereocenters. The Morgan fingerprint density at radius 1 is 1.44 bits per heavy atom. The predicted octanol–water partition coefficient (Wildman–Crippen LogP) is 2.81. The zero-order chi connectivity index (χ0) is 13.6. The molecule has 18 heavy (non-hydrogen) atoms. The Bertz CT molecular complexity index is 325. The second-order valence-corrected chi connectivity index (χ2v) is 4.18. The van der Waals surface area contributed by atoms with Gasteiger partial charge < -0.3 is 9.73 Å². The van der Waals surface area contributed by atoms with E-state index in [1.165, 1.54) is 4.90 Å². The van der Waals surface area contributed by atoms with Crippen LogP contribution in [0, 0.1) is 0 Å². The van der Waals surface area contributed by atoms with Crippen molar-refractivity contribution in [1.82, 2.24) is 10.2 Å². The summed E-state index contributed by atoms with van der Waals surface area (Å²) in [5.74, 6) is 0.786. The molecule has 0 fully saturated rings. The third-order valence-electron chi connectivity index (χ3n) is 2.70. The summed E-state index contributed by atoms with van der Waals surface area (Å²) in [5, 5.41) is 3.13.